The maximum Gasteiger partial charge on any atom is 0.272 e. The van der Waals surface area contributed by atoms with Crippen LogP contribution in [0.3, 0.4) is 0 Å². The van der Waals surface area contributed by atoms with Crippen LogP contribution in [-0.4, -0.2) is 21.7 Å². The molecule has 1 N–H and O–H groups in total. The van der Waals surface area contributed by atoms with Gasteiger partial charge in [-0.3, -0.25) is 4.79 Å². The fourth-order valence-electron chi connectivity index (χ4n) is 3.90. The van der Waals surface area contributed by atoms with Crippen molar-refractivity contribution in [3.05, 3.63) is 47.0 Å². The Balaban J connectivity index is 1.69. The average Bonchev–Trinajstić information content (AvgIpc) is 3.23. The highest BCUT2D eigenvalue weighted by Gasteiger charge is 2.27. The van der Waals surface area contributed by atoms with Gasteiger partial charge in [-0.05, 0) is 62.8 Å². The van der Waals surface area contributed by atoms with E-state index in [0.29, 0.717) is 5.69 Å². The summed E-state index contributed by atoms with van der Waals surface area (Å²) in [4.78, 5) is 12.7. The number of halogens is 1. The molecule has 0 atom stereocenters. The molecule has 2 aliphatic rings. The van der Waals surface area contributed by atoms with Gasteiger partial charge in [-0.2, -0.15) is 5.10 Å². The van der Waals surface area contributed by atoms with Gasteiger partial charge in [-0.25, -0.2) is 9.07 Å². The Bertz CT molecular complexity index is 745. The second kappa shape index (κ2) is 6.38. The second-order valence-electron chi connectivity index (χ2n) is 6.82. The quantitative estimate of drug-likeness (QED) is 0.937. The Labute approximate surface area is 141 Å². The second-order valence-corrected chi connectivity index (χ2v) is 6.82. The Morgan fingerprint density at radius 2 is 1.79 bits per heavy atom. The van der Waals surface area contributed by atoms with Crippen LogP contribution in [0.2, 0.25) is 0 Å². The van der Waals surface area contributed by atoms with Crippen LogP contribution in [-0.2, 0) is 12.8 Å². The van der Waals surface area contributed by atoms with Gasteiger partial charge in [0.2, 0.25) is 0 Å². The minimum atomic E-state index is -0.265. The largest absolute Gasteiger partial charge is 0.348 e. The number of rotatable bonds is 3. The van der Waals surface area contributed by atoms with E-state index in [9.17, 15) is 9.18 Å². The standard InChI is InChI=1S/C19H22FN3O/c20-13-9-11-15(12-10-13)23-17-8-4-3-7-16(17)18(22-23)19(24)21-14-5-1-2-6-14/h9-12,14H,1-8H2,(H,21,24). The number of carbonyl (C=O) groups excluding carboxylic acids is 1. The van der Waals surface area contributed by atoms with Crippen molar-refractivity contribution in [2.75, 3.05) is 0 Å². The predicted octanol–water partition coefficient (Wildman–Crippen LogP) is 3.56. The highest BCUT2D eigenvalue weighted by atomic mass is 19.1. The Hall–Kier alpha value is -2.17. The normalized spacial score (nSPS) is 17.7. The molecule has 24 heavy (non-hydrogen) atoms. The van der Waals surface area contributed by atoms with Crippen molar-refractivity contribution in [2.45, 2.75) is 57.4 Å². The van der Waals surface area contributed by atoms with Gasteiger partial charge in [0.1, 0.15) is 5.82 Å². The number of benzene rings is 1. The van der Waals surface area contributed by atoms with E-state index in [1.54, 1.807) is 12.1 Å². The van der Waals surface area contributed by atoms with Crippen LogP contribution in [0.25, 0.3) is 5.69 Å². The van der Waals surface area contributed by atoms with Crippen LogP contribution in [0.1, 0.15) is 60.3 Å². The highest BCUT2D eigenvalue weighted by molar-refractivity contribution is 5.94. The van der Waals surface area contributed by atoms with E-state index in [2.05, 4.69) is 10.4 Å². The minimum Gasteiger partial charge on any atom is -0.348 e. The van der Waals surface area contributed by atoms with Gasteiger partial charge >= 0.3 is 0 Å². The minimum absolute atomic E-state index is 0.0547. The number of carbonyl (C=O) groups is 1. The number of nitrogens with one attached hydrogen (secondary N) is 1. The first kappa shape index (κ1) is 15.4. The summed E-state index contributed by atoms with van der Waals surface area (Å²) >= 11 is 0. The van der Waals surface area contributed by atoms with Crippen molar-refractivity contribution in [3.8, 4) is 5.69 Å². The van der Waals surface area contributed by atoms with Crippen molar-refractivity contribution in [1.82, 2.24) is 15.1 Å². The number of amides is 1. The van der Waals surface area contributed by atoms with E-state index in [1.807, 2.05) is 4.68 Å². The lowest BCUT2D eigenvalue weighted by Gasteiger charge is -2.15. The van der Waals surface area contributed by atoms with Crippen molar-refractivity contribution in [1.29, 1.82) is 0 Å². The van der Waals surface area contributed by atoms with Crippen LogP contribution in [0.4, 0.5) is 4.39 Å². The van der Waals surface area contributed by atoms with Gasteiger partial charge < -0.3 is 5.32 Å². The molecule has 1 heterocycles. The number of fused-ring (bicyclic) bond motifs is 1. The summed E-state index contributed by atoms with van der Waals surface area (Å²) in [6.07, 6.45) is 8.50. The van der Waals surface area contributed by atoms with E-state index < -0.39 is 0 Å². The molecule has 0 radical (unpaired) electrons. The molecule has 2 aliphatic carbocycles. The molecule has 1 aromatic carbocycles. The average molecular weight is 327 g/mol. The molecule has 0 unspecified atom stereocenters. The summed E-state index contributed by atoms with van der Waals surface area (Å²) in [6.45, 7) is 0. The van der Waals surface area contributed by atoms with E-state index in [4.69, 9.17) is 0 Å². The molecule has 0 saturated heterocycles. The molecule has 1 aromatic heterocycles. The smallest absolute Gasteiger partial charge is 0.272 e. The third kappa shape index (κ3) is 2.83. The van der Waals surface area contributed by atoms with Crippen molar-refractivity contribution in [2.24, 2.45) is 0 Å². The Morgan fingerprint density at radius 1 is 1.08 bits per heavy atom. The van der Waals surface area contributed by atoms with Crippen molar-refractivity contribution >= 4 is 5.91 Å². The summed E-state index contributed by atoms with van der Waals surface area (Å²) in [5.74, 6) is -0.320. The third-order valence-corrected chi connectivity index (χ3v) is 5.16. The highest BCUT2D eigenvalue weighted by Crippen LogP contribution is 2.27. The Morgan fingerprint density at radius 3 is 2.54 bits per heavy atom. The van der Waals surface area contributed by atoms with Crippen LogP contribution < -0.4 is 5.32 Å². The monoisotopic (exact) mass is 327 g/mol. The molecule has 126 valence electrons. The molecule has 1 amide bonds. The fraction of sp³-hybridized carbons (Fsp3) is 0.474. The zero-order chi connectivity index (χ0) is 16.5. The summed E-state index contributed by atoms with van der Waals surface area (Å²) < 4.78 is 15.0. The molecule has 4 rings (SSSR count). The number of hydrogen-bond acceptors (Lipinski definition) is 2. The zero-order valence-corrected chi connectivity index (χ0v) is 13.7. The van der Waals surface area contributed by atoms with Crippen LogP contribution in [0.15, 0.2) is 24.3 Å². The predicted molar refractivity (Wildman–Crippen MR) is 89.9 cm³/mol. The lowest BCUT2D eigenvalue weighted by molar-refractivity contribution is 0.0931. The first-order chi connectivity index (χ1) is 11.7. The van der Waals surface area contributed by atoms with Gasteiger partial charge in [0.05, 0.1) is 5.69 Å². The van der Waals surface area contributed by atoms with Crippen molar-refractivity contribution < 1.29 is 9.18 Å². The molecule has 1 saturated carbocycles. The first-order valence-electron chi connectivity index (χ1n) is 8.90. The lowest BCUT2D eigenvalue weighted by Crippen LogP contribution is -2.33. The number of nitrogens with zero attached hydrogens (tertiary/aromatic N) is 2. The SMILES string of the molecule is O=C(NC1CCCC1)c1nn(-c2ccc(F)cc2)c2c1CCCC2. The molecule has 0 spiro atoms. The van der Waals surface area contributed by atoms with Crippen LogP contribution in [0, 0.1) is 5.82 Å². The molecule has 0 bridgehead atoms. The summed E-state index contributed by atoms with van der Waals surface area (Å²) in [5, 5.41) is 7.76. The van der Waals surface area contributed by atoms with E-state index in [0.717, 1.165) is 55.5 Å². The van der Waals surface area contributed by atoms with Crippen LogP contribution in [0.5, 0.6) is 0 Å². The molecule has 5 heteroatoms. The first-order valence-corrected chi connectivity index (χ1v) is 8.90. The van der Waals surface area contributed by atoms with Gasteiger partial charge in [-0.15, -0.1) is 0 Å². The molecule has 1 fully saturated rings. The van der Waals surface area contributed by atoms with Gasteiger partial charge in [0.15, 0.2) is 5.69 Å². The summed E-state index contributed by atoms with van der Waals surface area (Å²) in [6, 6.07) is 6.59. The van der Waals surface area contributed by atoms with E-state index in [-0.39, 0.29) is 17.8 Å². The third-order valence-electron chi connectivity index (χ3n) is 5.16. The van der Waals surface area contributed by atoms with Gasteiger partial charge in [0.25, 0.3) is 5.91 Å². The number of hydrogen-bond donors (Lipinski definition) is 1. The maximum absolute atomic E-state index is 13.2. The summed E-state index contributed by atoms with van der Waals surface area (Å²) in [5.41, 5.74) is 3.54. The van der Waals surface area contributed by atoms with Gasteiger partial charge in [-0.1, -0.05) is 12.8 Å². The van der Waals surface area contributed by atoms with Crippen LogP contribution >= 0.6 is 0 Å². The lowest BCUT2D eigenvalue weighted by atomic mass is 9.95. The molecule has 2 aromatic rings. The molecule has 4 nitrogen and oxygen atoms in total. The van der Waals surface area contributed by atoms with E-state index in [1.165, 1.54) is 25.0 Å². The molecular formula is C19H22FN3O. The maximum atomic E-state index is 13.2. The van der Waals surface area contributed by atoms with Gasteiger partial charge in [0, 0.05) is 17.3 Å². The molecule has 0 aliphatic heterocycles. The zero-order valence-electron chi connectivity index (χ0n) is 13.7. The van der Waals surface area contributed by atoms with Crippen molar-refractivity contribution in [3.63, 3.8) is 0 Å². The Kier molecular flexibility index (Phi) is 4.08. The molecular weight excluding hydrogens is 305 g/mol. The summed E-state index contributed by atoms with van der Waals surface area (Å²) in [7, 11) is 0. The fourth-order valence-corrected chi connectivity index (χ4v) is 3.90. The number of aromatic nitrogens is 2. The van der Waals surface area contributed by atoms with E-state index >= 15 is 0 Å². The topological polar surface area (TPSA) is 46.9 Å².